The minimum absolute atomic E-state index is 0.106. The molecule has 0 aliphatic heterocycles. The van der Waals surface area contributed by atoms with Crippen LogP contribution in [0.4, 0.5) is 14.5 Å². The maximum Gasteiger partial charge on any atom is 0.251 e. The summed E-state index contributed by atoms with van der Waals surface area (Å²) >= 11 is 0. The highest BCUT2D eigenvalue weighted by Gasteiger charge is 2.12. The summed E-state index contributed by atoms with van der Waals surface area (Å²) in [4.78, 5) is 11.7. The number of anilines is 1. The van der Waals surface area contributed by atoms with Gasteiger partial charge in [0.05, 0.1) is 12.7 Å². The highest BCUT2D eigenvalue weighted by molar-refractivity contribution is 5.94. The molecule has 0 radical (unpaired) electrons. The Morgan fingerprint density at radius 3 is 2.60 bits per heavy atom. The van der Waals surface area contributed by atoms with E-state index >= 15 is 0 Å². The van der Waals surface area contributed by atoms with Gasteiger partial charge in [-0.25, -0.2) is 8.78 Å². The zero-order chi connectivity index (χ0) is 14.7. The molecule has 0 aliphatic carbocycles. The highest BCUT2D eigenvalue weighted by atomic mass is 19.1. The van der Waals surface area contributed by atoms with Crippen LogP contribution < -0.4 is 11.1 Å². The minimum Gasteiger partial charge on any atom is -0.394 e. The second-order valence-electron chi connectivity index (χ2n) is 4.39. The zero-order valence-corrected chi connectivity index (χ0v) is 10.9. The topological polar surface area (TPSA) is 72.9 Å². The lowest BCUT2D eigenvalue weighted by molar-refractivity contribution is 0.0951. The van der Waals surface area contributed by atoms with Crippen molar-refractivity contribution in [1.29, 1.82) is 0 Å². The van der Waals surface area contributed by atoms with Crippen molar-refractivity contribution in [3.63, 3.8) is 0 Å². The van der Waals surface area contributed by atoms with E-state index in [1.54, 1.807) is 10.9 Å². The molecule has 1 amide bonds. The molecular formula is C13H14F2N4O. The average Bonchev–Trinajstić information content (AvgIpc) is 2.81. The van der Waals surface area contributed by atoms with E-state index in [4.69, 9.17) is 5.73 Å². The second kappa shape index (κ2) is 5.68. The molecular weight excluding hydrogens is 266 g/mol. The smallest absolute Gasteiger partial charge is 0.251 e. The predicted molar refractivity (Wildman–Crippen MR) is 70.1 cm³/mol. The number of carbonyl (C=O) groups is 1. The van der Waals surface area contributed by atoms with Crippen LogP contribution in [0, 0.1) is 18.6 Å². The van der Waals surface area contributed by atoms with Crippen molar-refractivity contribution in [3.05, 3.63) is 47.3 Å². The fraction of sp³-hybridized carbons (Fsp3) is 0.231. The number of halogens is 2. The molecule has 2 aromatic rings. The van der Waals surface area contributed by atoms with Gasteiger partial charge in [-0.2, -0.15) is 5.10 Å². The summed E-state index contributed by atoms with van der Waals surface area (Å²) in [6, 6.07) is 1.82. The van der Waals surface area contributed by atoms with E-state index in [9.17, 15) is 13.6 Å². The number of hydrogen-bond acceptors (Lipinski definition) is 3. The number of aromatic nitrogens is 2. The molecule has 0 spiro atoms. The van der Waals surface area contributed by atoms with Crippen molar-refractivity contribution in [2.45, 2.75) is 13.5 Å². The predicted octanol–water partition coefficient (Wildman–Crippen LogP) is 1.48. The van der Waals surface area contributed by atoms with Crippen LogP contribution in [0.2, 0.25) is 0 Å². The SMILES string of the molecule is Cc1cnn(CCNC(=O)c2cc(F)c(N)c(F)c2)c1. The number of carbonyl (C=O) groups excluding carboxylic acids is 1. The molecule has 0 bridgehead atoms. The summed E-state index contributed by atoms with van der Waals surface area (Å²) in [5, 5.41) is 6.61. The molecule has 106 valence electrons. The fourth-order valence-corrected chi connectivity index (χ4v) is 1.69. The fourth-order valence-electron chi connectivity index (χ4n) is 1.69. The van der Waals surface area contributed by atoms with Crippen LogP contribution >= 0.6 is 0 Å². The third-order valence-electron chi connectivity index (χ3n) is 2.73. The van der Waals surface area contributed by atoms with E-state index in [0.29, 0.717) is 13.1 Å². The third kappa shape index (κ3) is 3.11. The monoisotopic (exact) mass is 280 g/mol. The first-order valence-corrected chi connectivity index (χ1v) is 5.99. The average molecular weight is 280 g/mol. The van der Waals surface area contributed by atoms with Gasteiger partial charge >= 0.3 is 0 Å². The van der Waals surface area contributed by atoms with Gasteiger partial charge in [0.15, 0.2) is 0 Å². The first kappa shape index (κ1) is 14.0. The van der Waals surface area contributed by atoms with E-state index in [1.165, 1.54) is 0 Å². The van der Waals surface area contributed by atoms with Crippen LogP contribution in [0.25, 0.3) is 0 Å². The maximum absolute atomic E-state index is 13.2. The molecule has 1 aromatic heterocycles. The van der Waals surface area contributed by atoms with E-state index in [2.05, 4.69) is 10.4 Å². The number of nitrogens with one attached hydrogen (secondary N) is 1. The summed E-state index contributed by atoms with van der Waals surface area (Å²) in [7, 11) is 0. The molecule has 0 saturated heterocycles. The molecule has 0 atom stereocenters. The first-order chi connectivity index (χ1) is 9.47. The molecule has 5 nitrogen and oxygen atoms in total. The van der Waals surface area contributed by atoms with Crippen molar-refractivity contribution in [2.75, 3.05) is 12.3 Å². The maximum atomic E-state index is 13.2. The van der Waals surface area contributed by atoms with Crippen LogP contribution in [0.5, 0.6) is 0 Å². The van der Waals surface area contributed by atoms with Crippen LogP contribution in [-0.2, 0) is 6.54 Å². The lowest BCUT2D eigenvalue weighted by Gasteiger charge is -2.07. The van der Waals surface area contributed by atoms with Crippen molar-refractivity contribution in [2.24, 2.45) is 0 Å². The van der Waals surface area contributed by atoms with E-state index < -0.39 is 23.2 Å². The molecule has 0 aliphatic rings. The minimum atomic E-state index is -0.946. The second-order valence-corrected chi connectivity index (χ2v) is 4.39. The lowest BCUT2D eigenvalue weighted by atomic mass is 10.1. The standard InChI is InChI=1S/C13H14F2N4O/c1-8-6-18-19(7-8)3-2-17-13(20)9-4-10(14)12(16)11(15)5-9/h4-7H,2-3,16H2,1H3,(H,17,20). The van der Waals surface area contributed by atoms with E-state index in [-0.39, 0.29) is 5.56 Å². The summed E-state index contributed by atoms with van der Waals surface area (Å²) in [6.45, 7) is 2.68. The van der Waals surface area contributed by atoms with Gasteiger partial charge in [0.25, 0.3) is 5.91 Å². The Kier molecular flexibility index (Phi) is 3.97. The van der Waals surface area contributed by atoms with Crippen LogP contribution in [0.1, 0.15) is 15.9 Å². The lowest BCUT2D eigenvalue weighted by Crippen LogP contribution is -2.27. The number of aryl methyl sites for hydroxylation is 1. The van der Waals surface area contributed by atoms with Gasteiger partial charge in [-0.3, -0.25) is 9.48 Å². The van der Waals surface area contributed by atoms with E-state index in [1.807, 2.05) is 13.1 Å². The summed E-state index contributed by atoms with van der Waals surface area (Å²) in [6.07, 6.45) is 3.53. The van der Waals surface area contributed by atoms with Gasteiger partial charge in [0.2, 0.25) is 0 Å². The van der Waals surface area contributed by atoms with Crippen LogP contribution in [0.3, 0.4) is 0 Å². The van der Waals surface area contributed by atoms with Gasteiger partial charge in [-0.05, 0) is 24.6 Å². The molecule has 0 fully saturated rings. The number of nitrogens with two attached hydrogens (primary N) is 1. The number of nitrogens with zero attached hydrogens (tertiary/aromatic N) is 2. The first-order valence-electron chi connectivity index (χ1n) is 5.99. The number of benzene rings is 1. The third-order valence-corrected chi connectivity index (χ3v) is 2.73. The Hall–Kier alpha value is -2.44. The number of nitrogen functional groups attached to an aromatic ring is 1. The molecule has 7 heteroatoms. The molecule has 0 saturated carbocycles. The van der Waals surface area contributed by atoms with Gasteiger partial charge in [0, 0.05) is 18.3 Å². The van der Waals surface area contributed by atoms with Crippen molar-refractivity contribution in [1.82, 2.24) is 15.1 Å². The highest BCUT2D eigenvalue weighted by Crippen LogP contribution is 2.17. The largest absolute Gasteiger partial charge is 0.394 e. The normalized spacial score (nSPS) is 10.6. The molecule has 2 rings (SSSR count). The van der Waals surface area contributed by atoms with E-state index in [0.717, 1.165) is 17.7 Å². The Morgan fingerprint density at radius 1 is 1.40 bits per heavy atom. The Morgan fingerprint density at radius 2 is 2.05 bits per heavy atom. The number of rotatable bonds is 4. The quantitative estimate of drug-likeness (QED) is 0.833. The molecule has 3 N–H and O–H groups in total. The summed E-state index contributed by atoms with van der Waals surface area (Å²) < 4.78 is 28.1. The van der Waals surface area contributed by atoms with Gasteiger partial charge in [-0.1, -0.05) is 0 Å². The molecule has 20 heavy (non-hydrogen) atoms. The number of hydrogen-bond donors (Lipinski definition) is 2. The Labute approximate surface area is 114 Å². The molecule has 0 unspecified atom stereocenters. The van der Waals surface area contributed by atoms with Gasteiger partial charge in [-0.15, -0.1) is 0 Å². The van der Waals surface area contributed by atoms with Gasteiger partial charge in [0.1, 0.15) is 17.3 Å². The van der Waals surface area contributed by atoms with Crippen LogP contribution in [0.15, 0.2) is 24.5 Å². The van der Waals surface area contributed by atoms with Crippen molar-refractivity contribution >= 4 is 11.6 Å². The van der Waals surface area contributed by atoms with Crippen LogP contribution in [-0.4, -0.2) is 22.2 Å². The van der Waals surface area contributed by atoms with Crippen molar-refractivity contribution < 1.29 is 13.6 Å². The Bertz CT molecular complexity index is 616. The summed E-state index contributed by atoms with van der Waals surface area (Å²) in [5.41, 5.74) is 5.45. The van der Waals surface area contributed by atoms with Gasteiger partial charge < -0.3 is 11.1 Å². The molecule has 1 aromatic carbocycles. The summed E-state index contributed by atoms with van der Waals surface area (Å²) in [5.74, 6) is -2.46. The van der Waals surface area contributed by atoms with Crippen molar-refractivity contribution in [3.8, 4) is 0 Å². The number of amides is 1. The molecule has 1 heterocycles. The zero-order valence-electron chi connectivity index (χ0n) is 10.9. The Balaban J connectivity index is 1.95.